The summed E-state index contributed by atoms with van der Waals surface area (Å²) in [7, 11) is 0. The number of nitrogens with one attached hydrogen (secondary N) is 3. The van der Waals surface area contributed by atoms with Crippen LogP contribution in [0.3, 0.4) is 0 Å². The zero-order valence-electron chi connectivity index (χ0n) is 17.4. The molecule has 1 unspecified atom stereocenters. The molecule has 0 radical (unpaired) electrons. The summed E-state index contributed by atoms with van der Waals surface area (Å²) in [4.78, 5) is 22.0. The fourth-order valence-electron chi connectivity index (χ4n) is 3.86. The highest BCUT2D eigenvalue weighted by molar-refractivity contribution is 5.83. The Kier molecular flexibility index (Phi) is 7.49. The van der Waals surface area contributed by atoms with Gasteiger partial charge in [0.15, 0.2) is 5.96 Å². The van der Waals surface area contributed by atoms with E-state index in [-0.39, 0.29) is 11.7 Å². The SMILES string of the molecule is CCNC(=NCCC(=O)N1CCCC(C)C1)NCCc1c[nH]c2cc(F)ccc12. The van der Waals surface area contributed by atoms with Crippen molar-refractivity contribution in [3.8, 4) is 0 Å². The molecule has 3 rings (SSSR count). The van der Waals surface area contributed by atoms with Crippen LogP contribution in [0.2, 0.25) is 0 Å². The standard InChI is InChI=1S/C22H32FN5O/c1-3-24-22(26-11-9-21(29)28-12-4-5-16(2)15-28)25-10-8-17-14-27-20-13-18(23)6-7-19(17)20/h6-7,13-14,16,27H,3-5,8-12,15H2,1-2H3,(H2,24,25,26). The lowest BCUT2D eigenvalue weighted by Gasteiger charge is -2.30. The summed E-state index contributed by atoms with van der Waals surface area (Å²) in [6.45, 7) is 7.91. The number of halogens is 1. The lowest BCUT2D eigenvalue weighted by molar-refractivity contribution is -0.132. The van der Waals surface area contributed by atoms with E-state index in [1.807, 2.05) is 24.1 Å². The van der Waals surface area contributed by atoms with Gasteiger partial charge in [-0.15, -0.1) is 0 Å². The predicted molar refractivity (Wildman–Crippen MR) is 116 cm³/mol. The number of fused-ring (bicyclic) bond motifs is 1. The largest absolute Gasteiger partial charge is 0.361 e. The minimum absolute atomic E-state index is 0.196. The van der Waals surface area contributed by atoms with E-state index in [2.05, 4.69) is 27.5 Å². The lowest BCUT2D eigenvalue weighted by atomic mass is 10.00. The normalized spacial score (nSPS) is 17.6. The lowest BCUT2D eigenvalue weighted by Crippen LogP contribution is -2.40. The highest BCUT2D eigenvalue weighted by Gasteiger charge is 2.20. The number of likely N-dealkylation sites (tertiary alicyclic amines) is 1. The Labute approximate surface area is 172 Å². The van der Waals surface area contributed by atoms with Crippen LogP contribution in [0.25, 0.3) is 10.9 Å². The molecule has 29 heavy (non-hydrogen) atoms. The summed E-state index contributed by atoms with van der Waals surface area (Å²) in [6, 6.07) is 4.81. The van der Waals surface area contributed by atoms with Crippen molar-refractivity contribution < 1.29 is 9.18 Å². The fourth-order valence-corrected chi connectivity index (χ4v) is 3.86. The molecule has 1 aliphatic heterocycles. The quantitative estimate of drug-likeness (QED) is 0.493. The molecule has 1 fully saturated rings. The van der Waals surface area contributed by atoms with Crippen LogP contribution in [0.15, 0.2) is 29.4 Å². The van der Waals surface area contributed by atoms with Gasteiger partial charge < -0.3 is 20.5 Å². The van der Waals surface area contributed by atoms with Gasteiger partial charge in [0.2, 0.25) is 5.91 Å². The first-order chi connectivity index (χ1) is 14.1. The Hall–Kier alpha value is -2.57. The van der Waals surface area contributed by atoms with E-state index in [0.717, 1.165) is 54.9 Å². The zero-order chi connectivity index (χ0) is 20.6. The van der Waals surface area contributed by atoms with Crippen LogP contribution < -0.4 is 10.6 Å². The van der Waals surface area contributed by atoms with Gasteiger partial charge in [0.1, 0.15) is 5.82 Å². The molecule has 6 nitrogen and oxygen atoms in total. The van der Waals surface area contributed by atoms with E-state index in [9.17, 15) is 9.18 Å². The molecule has 1 aliphatic rings. The summed E-state index contributed by atoms with van der Waals surface area (Å²) in [5, 5.41) is 7.58. The average Bonchev–Trinajstić information content (AvgIpc) is 3.10. The van der Waals surface area contributed by atoms with Crippen LogP contribution in [-0.2, 0) is 11.2 Å². The van der Waals surface area contributed by atoms with Crippen molar-refractivity contribution in [1.82, 2.24) is 20.5 Å². The number of carbonyl (C=O) groups is 1. The minimum atomic E-state index is -0.237. The summed E-state index contributed by atoms with van der Waals surface area (Å²) in [6.07, 6.45) is 5.47. The molecule has 2 aromatic rings. The molecular weight excluding hydrogens is 369 g/mol. The molecule has 7 heteroatoms. The highest BCUT2D eigenvalue weighted by atomic mass is 19.1. The maximum Gasteiger partial charge on any atom is 0.224 e. The van der Waals surface area contributed by atoms with Gasteiger partial charge in [-0.05, 0) is 55.9 Å². The van der Waals surface area contributed by atoms with Crippen LogP contribution in [-0.4, -0.2) is 54.5 Å². The van der Waals surface area contributed by atoms with Crippen LogP contribution >= 0.6 is 0 Å². The Bertz CT molecular complexity index is 847. The van der Waals surface area contributed by atoms with Gasteiger partial charge in [0.25, 0.3) is 0 Å². The zero-order valence-corrected chi connectivity index (χ0v) is 17.4. The molecule has 3 N–H and O–H groups in total. The van der Waals surface area contributed by atoms with Crippen LogP contribution in [0.4, 0.5) is 4.39 Å². The smallest absolute Gasteiger partial charge is 0.224 e. The van der Waals surface area contributed by atoms with Gasteiger partial charge >= 0.3 is 0 Å². The first-order valence-corrected chi connectivity index (χ1v) is 10.6. The second kappa shape index (κ2) is 10.3. The van der Waals surface area contributed by atoms with E-state index in [1.54, 1.807) is 0 Å². The average molecular weight is 402 g/mol. The van der Waals surface area contributed by atoms with E-state index in [1.165, 1.54) is 18.6 Å². The number of hydrogen-bond donors (Lipinski definition) is 3. The van der Waals surface area contributed by atoms with Crippen molar-refractivity contribution in [3.05, 3.63) is 35.8 Å². The molecule has 1 amide bonds. The number of amides is 1. The number of piperidine rings is 1. The Morgan fingerprint density at radius 1 is 1.38 bits per heavy atom. The third kappa shape index (κ3) is 5.95. The molecular formula is C22H32FN5O. The van der Waals surface area contributed by atoms with E-state index in [4.69, 9.17) is 0 Å². The number of guanidine groups is 1. The van der Waals surface area contributed by atoms with Gasteiger partial charge in [-0.3, -0.25) is 9.79 Å². The van der Waals surface area contributed by atoms with Gasteiger partial charge in [-0.2, -0.15) is 0 Å². The molecule has 1 aromatic heterocycles. The molecule has 0 aliphatic carbocycles. The van der Waals surface area contributed by atoms with Crippen molar-refractivity contribution in [2.45, 2.75) is 39.5 Å². The number of aromatic amines is 1. The molecule has 2 heterocycles. The Balaban J connectivity index is 1.48. The maximum atomic E-state index is 13.3. The van der Waals surface area contributed by atoms with Crippen molar-refractivity contribution in [1.29, 1.82) is 0 Å². The number of H-pyrrole nitrogens is 1. The van der Waals surface area contributed by atoms with Gasteiger partial charge in [0.05, 0.1) is 6.54 Å². The number of carbonyl (C=O) groups excluding carboxylic acids is 1. The number of aliphatic imine (C=N–C) groups is 1. The van der Waals surface area contributed by atoms with Gasteiger partial charge in [-0.25, -0.2) is 4.39 Å². The molecule has 1 saturated heterocycles. The number of hydrogen-bond acceptors (Lipinski definition) is 2. The summed E-state index contributed by atoms with van der Waals surface area (Å²) >= 11 is 0. The first kappa shape index (κ1) is 21.1. The first-order valence-electron chi connectivity index (χ1n) is 10.6. The molecule has 158 valence electrons. The maximum absolute atomic E-state index is 13.3. The number of benzene rings is 1. The Morgan fingerprint density at radius 3 is 3.03 bits per heavy atom. The van der Waals surface area contributed by atoms with Crippen molar-refractivity contribution in [2.75, 3.05) is 32.7 Å². The fraction of sp³-hybridized carbons (Fsp3) is 0.545. The van der Waals surface area contributed by atoms with Crippen LogP contribution in [0.5, 0.6) is 0 Å². The second-order valence-electron chi connectivity index (χ2n) is 7.78. The van der Waals surface area contributed by atoms with Crippen LogP contribution in [0.1, 0.15) is 38.7 Å². The number of nitrogens with zero attached hydrogens (tertiary/aromatic N) is 2. The van der Waals surface area contributed by atoms with E-state index < -0.39 is 0 Å². The summed E-state index contributed by atoms with van der Waals surface area (Å²) in [5.74, 6) is 1.27. The van der Waals surface area contributed by atoms with E-state index >= 15 is 0 Å². The van der Waals surface area contributed by atoms with Crippen LogP contribution in [0, 0.1) is 11.7 Å². The van der Waals surface area contributed by atoms with Crippen molar-refractivity contribution in [2.24, 2.45) is 10.9 Å². The molecule has 1 atom stereocenters. The molecule has 0 saturated carbocycles. The molecule has 1 aromatic carbocycles. The third-order valence-electron chi connectivity index (χ3n) is 5.37. The monoisotopic (exact) mass is 401 g/mol. The topological polar surface area (TPSA) is 72.5 Å². The highest BCUT2D eigenvalue weighted by Crippen LogP contribution is 2.19. The molecule has 0 spiro atoms. The summed E-state index contributed by atoms with van der Waals surface area (Å²) in [5.41, 5.74) is 1.95. The number of rotatable bonds is 7. The minimum Gasteiger partial charge on any atom is -0.361 e. The van der Waals surface area contributed by atoms with Crippen molar-refractivity contribution >= 4 is 22.8 Å². The predicted octanol–water partition coefficient (Wildman–Crippen LogP) is 3.05. The summed E-state index contributed by atoms with van der Waals surface area (Å²) < 4.78 is 13.3. The molecule has 0 bridgehead atoms. The van der Waals surface area contributed by atoms with Crippen molar-refractivity contribution in [3.63, 3.8) is 0 Å². The second-order valence-corrected chi connectivity index (χ2v) is 7.78. The number of aromatic nitrogens is 1. The van der Waals surface area contributed by atoms with E-state index in [0.29, 0.717) is 25.4 Å². The Morgan fingerprint density at radius 2 is 2.24 bits per heavy atom. The van der Waals surface area contributed by atoms with Gasteiger partial charge in [0, 0.05) is 49.7 Å². The third-order valence-corrected chi connectivity index (χ3v) is 5.37. The van der Waals surface area contributed by atoms with Gasteiger partial charge in [-0.1, -0.05) is 6.92 Å².